The van der Waals surface area contributed by atoms with Gasteiger partial charge >= 0.3 is 5.97 Å². The monoisotopic (exact) mass is 268 g/mol. The number of nitrogens with one attached hydrogen (secondary N) is 1. The van der Waals surface area contributed by atoms with Crippen LogP contribution in [0.5, 0.6) is 0 Å². The number of hydrogen-bond donors (Lipinski definition) is 2. The number of carbonyl (C=O) groups is 2. The summed E-state index contributed by atoms with van der Waals surface area (Å²) < 4.78 is 0. The number of piperidine rings is 2. The van der Waals surface area contributed by atoms with E-state index >= 15 is 0 Å². The molecule has 0 saturated carbocycles. The van der Waals surface area contributed by atoms with Crippen LogP contribution >= 0.6 is 0 Å². The lowest BCUT2D eigenvalue weighted by Gasteiger charge is -2.42. The summed E-state index contributed by atoms with van der Waals surface area (Å²) in [4.78, 5) is 25.7. The number of nitrogens with zero attached hydrogens (tertiary/aromatic N) is 1. The van der Waals surface area contributed by atoms with Crippen molar-refractivity contribution in [1.29, 1.82) is 0 Å². The largest absolute Gasteiger partial charge is 0.480 e. The van der Waals surface area contributed by atoms with Gasteiger partial charge in [-0.05, 0) is 44.7 Å². The quantitative estimate of drug-likeness (QED) is 0.786. The SMILES string of the molecule is CC1CCN(C(=O)C2(C)CCNCC2)C(C(=O)O)C1. The number of amides is 1. The summed E-state index contributed by atoms with van der Waals surface area (Å²) in [6.45, 7) is 6.30. The first-order valence-electron chi connectivity index (χ1n) is 7.18. The van der Waals surface area contributed by atoms with Crippen molar-refractivity contribution in [1.82, 2.24) is 10.2 Å². The molecule has 0 aromatic rings. The Kier molecular flexibility index (Phi) is 4.13. The van der Waals surface area contributed by atoms with Gasteiger partial charge in [0.2, 0.25) is 5.91 Å². The van der Waals surface area contributed by atoms with E-state index in [2.05, 4.69) is 12.2 Å². The molecule has 0 bridgehead atoms. The average molecular weight is 268 g/mol. The Hall–Kier alpha value is -1.10. The third kappa shape index (κ3) is 2.91. The van der Waals surface area contributed by atoms with E-state index in [1.807, 2.05) is 6.92 Å². The first kappa shape index (κ1) is 14.3. The van der Waals surface area contributed by atoms with Crippen LogP contribution in [0.3, 0.4) is 0 Å². The molecule has 0 aliphatic carbocycles. The zero-order chi connectivity index (χ0) is 14.0. The lowest BCUT2D eigenvalue weighted by Crippen LogP contribution is -2.56. The zero-order valence-electron chi connectivity index (χ0n) is 11.8. The van der Waals surface area contributed by atoms with Crippen molar-refractivity contribution in [2.45, 2.75) is 45.6 Å². The maximum Gasteiger partial charge on any atom is 0.326 e. The van der Waals surface area contributed by atoms with E-state index in [0.717, 1.165) is 32.4 Å². The van der Waals surface area contributed by atoms with Crippen molar-refractivity contribution >= 4 is 11.9 Å². The molecule has 2 unspecified atom stereocenters. The minimum Gasteiger partial charge on any atom is -0.480 e. The minimum atomic E-state index is -0.863. The molecule has 108 valence electrons. The Morgan fingerprint density at radius 1 is 1.32 bits per heavy atom. The Bertz CT molecular complexity index is 364. The molecular formula is C14H24N2O3. The van der Waals surface area contributed by atoms with Crippen LogP contribution in [-0.2, 0) is 9.59 Å². The van der Waals surface area contributed by atoms with E-state index in [4.69, 9.17) is 0 Å². The molecule has 5 heteroatoms. The summed E-state index contributed by atoms with van der Waals surface area (Å²) >= 11 is 0. The zero-order valence-corrected chi connectivity index (χ0v) is 11.8. The highest BCUT2D eigenvalue weighted by atomic mass is 16.4. The number of likely N-dealkylation sites (tertiary alicyclic amines) is 1. The standard InChI is InChI=1S/C14H24N2O3/c1-10-3-8-16(11(9-10)12(17)18)13(19)14(2)4-6-15-7-5-14/h10-11,15H,3-9H2,1-2H3,(H,17,18). The van der Waals surface area contributed by atoms with Crippen molar-refractivity contribution < 1.29 is 14.7 Å². The molecule has 19 heavy (non-hydrogen) atoms. The van der Waals surface area contributed by atoms with E-state index in [-0.39, 0.29) is 11.3 Å². The first-order chi connectivity index (χ1) is 8.94. The van der Waals surface area contributed by atoms with Gasteiger partial charge in [0.1, 0.15) is 6.04 Å². The summed E-state index contributed by atoms with van der Waals surface area (Å²) in [7, 11) is 0. The number of hydrogen-bond acceptors (Lipinski definition) is 3. The summed E-state index contributed by atoms with van der Waals surface area (Å²) in [6, 6.07) is -0.636. The number of carbonyl (C=O) groups excluding carboxylic acids is 1. The Morgan fingerprint density at radius 3 is 2.53 bits per heavy atom. The summed E-state index contributed by atoms with van der Waals surface area (Å²) in [5.74, 6) is -0.447. The van der Waals surface area contributed by atoms with Crippen LogP contribution in [0.2, 0.25) is 0 Å². The predicted molar refractivity (Wildman–Crippen MR) is 71.7 cm³/mol. The maximum atomic E-state index is 12.7. The number of carboxylic acids is 1. The fraction of sp³-hybridized carbons (Fsp3) is 0.857. The third-order valence-electron chi connectivity index (χ3n) is 4.63. The van der Waals surface area contributed by atoms with E-state index in [1.54, 1.807) is 4.90 Å². The van der Waals surface area contributed by atoms with E-state index in [0.29, 0.717) is 18.9 Å². The second-order valence-corrected chi connectivity index (χ2v) is 6.29. The highest BCUT2D eigenvalue weighted by molar-refractivity contribution is 5.87. The highest BCUT2D eigenvalue weighted by Gasteiger charge is 2.43. The highest BCUT2D eigenvalue weighted by Crippen LogP contribution is 2.34. The van der Waals surface area contributed by atoms with Gasteiger partial charge in [0.25, 0.3) is 0 Å². The van der Waals surface area contributed by atoms with Crippen LogP contribution in [0, 0.1) is 11.3 Å². The third-order valence-corrected chi connectivity index (χ3v) is 4.63. The molecule has 5 nitrogen and oxygen atoms in total. The summed E-state index contributed by atoms with van der Waals surface area (Å²) in [6.07, 6.45) is 3.08. The van der Waals surface area contributed by atoms with Gasteiger partial charge in [-0.2, -0.15) is 0 Å². The molecule has 2 rings (SSSR count). The molecule has 0 radical (unpaired) electrons. The Balaban J connectivity index is 2.14. The average Bonchev–Trinajstić information content (AvgIpc) is 2.38. The van der Waals surface area contributed by atoms with Gasteiger partial charge in [-0.3, -0.25) is 4.79 Å². The van der Waals surface area contributed by atoms with Gasteiger partial charge < -0.3 is 15.3 Å². The van der Waals surface area contributed by atoms with Crippen LogP contribution in [-0.4, -0.2) is 47.6 Å². The predicted octanol–water partition coefficient (Wildman–Crippen LogP) is 1.09. The van der Waals surface area contributed by atoms with Gasteiger partial charge in [-0.25, -0.2) is 4.79 Å². The molecule has 2 aliphatic rings. The van der Waals surface area contributed by atoms with Crippen LogP contribution in [0.1, 0.15) is 39.5 Å². The van der Waals surface area contributed by atoms with Gasteiger partial charge in [0, 0.05) is 12.0 Å². The lowest BCUT2D eigenvalue weighted by atomic mass is 9.78. The van der Waals surface area contributed by atoms with Crippen LogP contribution in [0.15, 0.2) is 0 Å². The second kappa shape index (κ2) is 5.49. The number of carboxylic acid groups (broad SMARTS) is 1. The van der Waals surface area contributed by atoms with E-state index in [9.17, 15) is 14.7 Å². The van der Waals surface area contributed by atoms with Crippen LogP contribution < -0.4 is 5.32 Å². The van der Waals surface area contributed by atoms with Gasteiger partial charge in [-0.1, -0.05) is 13.8 Å². The van der Waals surface area contributed by atoms with E-state index < -0.39 is 12.0 Å². The topological polar surface area (TPSA) is 69.6 Å². The summed E-state index contributed by atoms with van der Waals surface area (Å²) in [5, 5.41) is 12.6. The second-order valence-electron chi connectivity index (χ2n) is 6.29. The van der Waals surface area contributed by atoms with Gasteiger partial charge in [0.15, 0.2) is 0 Å². The smallest absolute Gasteiger partial charge is 0.326 e. The van der Waals surface area contributed by atoms with Crippen molar-refractivity contribution in [3.8, 4) is 0 Å². The van der Waals surface area contributed by atoms with Crippen molar-refractivity contribution in [3.63, 3.8) is 0 Å². The summed E-state index contributed by atoms with van der Waals surface area (Å²) in [5.41, 5.74) is -0.389. The fourth-order valence-electron chi connectivity index (χ4n) is 3.16. The van der Waals surface area contributed by atoms with Crippen molar-refractivity contribution in [2.75, 3.05) is 19.6 Å². The molecule has 1 amide bonds. The molecule has 2 atom stereocenters. The van der Waals surface area contributed by atoms with Crippen LogP contribution in [0.25, 0.3) is 0 Å². The number of rotatable bonds is 2. The van der Waals surface area contributed by atoms with Crippen LogP contribution in [0.4, 0.5) is 0 Å². The number of aliphatic carboxylic acids is 1. The molecule has 2 heterocycles. The van der Waals surface area contributed by atoms with Crippen molar-refractivity contribution in [2.24, 2.45) is 11.3 Å². The molecule has 2 aliphatic heterocycles. The molecule has 2 fully saturated rings. The maximum absolute atomic E-state index is 12.7. The molecule has 0 aromatic heterocycles. The van der Waals surface area contributed by atoms with E-state index in [1.165, 1.54) is 0 Å². The fourth-order valence-corrected chi connectivity index (χ4v) is 3.16. The Morgan fingerprint density at radius 2 is 1.95 bits per heavy atom. The Labute approximate surface area is 114 Å². The van der Waals surface area contributed by atoms with Gasteiger partial charge in [0.05, 0.1) is 0 Å². The minimum absolute atomic E-state index is 0.0355. The molecule has 2 N–H and O–H groups in total. The lowest BCUT2D eigenvalue weighted by molar-refractivity contribution is -0.158. The van der Waals surface area contributed by atoms with Crippen molar-refractivity contribution in [3.05, 3.63) is 0 Å². The normalized spacial score (nSPS) is 30.9. The molecule has 0 spiro atoms. The molecular weight excluding hydrogens is 244 g/mol. The first-order valence-corrected chi connectivity index (χ1v) is 7.18. The molecule has 0 aromatic carbocycles. The molecule has 2 saturated heterocycles. The van der Waals surface area contributed by atoms with Gasteiger partial charge in [-0.15, -0.1) is 0 Å².